The molecule has 1 unspecified atom stereocenters. The number of carbonyl (C=O) groups excluding carboxylic acids is 1. The molecule has 0 saturated carbocycles. The van der Waals surface area contributed by atoms with E-state index in [0.717, 1.165) is 158 Å². The highest BCUT2D eigenvalue weighted by Gasteiger charge is 2.41. The zero-order valence-electron chi connectivity index (χ0n) is 58.7. The fraction of sp³-hybridized carbons (Fsp3) is 0.0103. The second kappa shape index (κ2) is 22.1. The number of ketones is 1. The average molecular weight is 1440 g/mol. The third-order valence-electron chi connectivity index (χ3n) is 23.2. The van der Waals surface area contributed by atoms with Crippen molar-refractivity contribution in [2.45, 2.75) is 5.92 Å². The number of pyridine rings is 3. The molecule has 2 aliphatic rings. The Morgan fingerprint density at radius 2 is 0.580 bits per heavy atom. The van der Waals surface area contributed by atoms with Gasteiger partial charge in [0.05, 0.1) is 61.2 Å². The second-order valence-electron chi connectivity index (χ2n) is 29.0. The van der Waals surface area contributed by atoms with Crippen LogP contribution in [0, 0.1) is 0 Å². The molecule has 0 amide bonds. The van der Waals surface area contributed by atoms with Gasteiger partial charge >= 0.3 is 0 Å². The summed E-state index contributed by atoms with van der Waals surface area (Å²) in [7, 11) is 0. The summed E-state index contributed by atoms with van der Waals surface area (Å²) in [4.78, 5) is 79.1. The predicted octanol–water partition coefficient (Wildman–Crippen LogP) is 22.3. The number of aromatic nitrogens is 6. The van der Waals surface area contributed by atoms with Crippen molar-refractivity contribution >= 4 is 186 Å². The Bertz CT molecular complexity index is 8500. The number of hydrogen-bond acceptors (Lipinski definition) is 12. The topological polar surface area (TPSA) is 169 Å². The van der Waals surface area contributed by atoms with Gasteiger partial charge in [0.25, 0.3) is 16.7 Å². The Morgan fingerprint density at radius 1 is 0.259 bits per heavy atom. The molecule has 24 aromatic rings. The molecule has 6 aromatic heterocycles. The van der Waals surface area contributed by atoms with Gasteiger partial charge in [-0.3, -0.25) is 37.4 Å². The minimum absolute atomic E-state index is 0.0342. The molecular formula is C97H49N7O8. The Morgan fingerprint density at radius 3 is 1.03 bits per heavy atom. The number of benzene rings is 18. The Balaban J connectivity index is 0.000000127. The van der Waals surface area contributed by atoms with Crippen LogP contribution in [0.4, 0.5) is 5.69 Å². The molecular weight excluding hydrogens is 1390 g/mol. The van der Waals surface area contributed by atoms with Gasteiger partial charge in [-0.15, -0.1) is 0 Å². The Labute approximate surface area is 629 Å². The van der Waals surface area contributed by atoms with Crippen molar-refractivity contribution in [3.05, 3.63) is 339 Å². The first kappa shape index (κ1) is 60.6. The first-order valence-electron chi connectivity index (χ1n) is 37.0. The van der Waals surface area contributed by atoms with Crippen LogP contribution in [0.25, 0.3) is 169 Å². The SMILES string of the molecule is O=C1c2ccc3c4c(Oc5ccccc5)cc5c6c(cc(Oc7ccccc7)c(c7ccc(c2c73)C2=Nc3ccccc3C12)c46)c(=O)n1c2ccccc2nc51.O=c1c2ccc3c4c(Oc5ccccc5)cc5c(=O)n6c7ccccc7nc6c6cc(Oc7ccccc7)c(c7ccc(c2c37)c2nc3ccccc3n12)c4c56. The molecule has 112 heavy (non-hydrogen) atoms. The number of hydrogen-bond donors (Lipinski definition) is 0. The monoisotopic (exact) mass is 1440 g/mol. The molecule has 1 aliphatic heterocycles. The number of nitrogens with zero attached hydrogens (tertiary/aromatic N) is 7. The number of aliphatic imine (C=N–C) groups is 1. The number of rotatable bonds is 8. The summed E-state index contributed by atoms with van der Waals surface area (Å²) in [5, 5.41) is 17.6. The van der Waals surface area contributed by atoms with E-state index in [2.05, 4.69) is 24.3 Å². The van der Waals surface area contributed by atoms with Crippen molar-refractivity contribution in [1.82, 2.24) is 28.2 Å². The first-order valence-corrected chi connectivity index (χ1v) is 37.0. The highest BCUT2D eigenvalue weighted by atomic mass is 16.5. The third kappa shape index (κ3) is 8.05. The maximum Gasteiger partial charge on any atom is 0.264 e. The standard InChI is InChI=1S/C49H25N3O4.C48H24N4O4/c53-47-31-22-20-29-39-28(19-21-30(40(31)39)46-44(47)27-15-7-8-16-34(27)50-46)43-38(56-26-13-5-2-6-14-26)24-33-41-32(48-51-35-17-9-10-18-36(35)52(48)49(33)54)23-37(42(29)45(41)43)55-25-11-3-1-4-12-25;53-47-30-22-20-28-39-27(19-21-29(40(30)39)45-49-33-15-7-9-17-35(33)51(45)47)42-37(55-25-11-3-1-4-12-25)23-31-41-32(48(54)52-36-18-10-8-16-34(36)50-46(31)52)24-38(43(28)44(41)42)56-26-13-5-2-6-14-26/h1-24,44H;1-24H. The lowest BCUT2D eigenvalue weighted by atomic mass is 9.75. The van der Waals surface area contributed by atoms with Crippen molar-refractivity contribution in [3.63, 3.8) is 0 Å². The van der Waals surface area contributed by atoms with E-state index in [4.69, 9.17) is 38.9 Å². The van der Waals surface area contributed by atoms with Crippen LogP contribution in [-0.4, -0.2) is 39.6 Å². The second-order valence-corrected chi connectivity index (χ2v) is 29.0. The van der Waals surface area contributed by atoms with Crippen LogP contribution in [0.3, 0.4) is 0 Å². The molecule has 0 spiro atoms. The van der Waals surface area contributed by atoms with E-state index in [-0.39, 0.29) is 22.5 Å². The summed E-state index contributed by atoms with van der Waals surface area (Å²) in [5.74, 6) is 4.41. The van der Waals surface area contributed by atoms with E-state index >= 15 is 0 Å². The Hall–Kier alpha value is -15.5. The number of fused-ring (bicyclic) bond motifs is 20. The average Bonchev–Trinajstić information content (AvgIpc) is 1.03. The minimum atomic E-state index is -0.459. The molecule has 0 saturated heterocycles. The Kier molecular flexibility index (Phi) is 12.0. The number of ether oxygens (including phenoxy) is 4. The normalized spacial score (nSPS) is 13.6. The maximum absolute atomic E-state index is 14.9. The molecule has 0 bridgehead atoms. The van der Waals surface area contributed by atoms with Crippen LogP contribution >= 0.6 is 0 Å². The zero-order chi connectivity index (χ0) is 73.6. The molecule has 0 fully saturated rings. The molecule has 0 N–H and O–H groups in total. The van der Waals surface area contributed by atoms with Gasteiger partial charge in [0.2, 0.25) is 0 Å². The van der Waals surface area contributed by atoms with E-state index in [9.17, 15) is 19.2 Å². The van der Waals surface area contributed by atoms with Gasteiger partial charge in [-0.05, 0) is 165 Å². The van der Waals surface area contributed by atoms with Gasteiger partial charge < -0.3 is 18.9 Å². The summed E-state index contributed by atoms with van der Waals surface area (Å²) in [6.07, 6.45) is 0. The first-order chi connectivity index (χ1) is 55.2. The van der Waals surface area contributed by atoms with E-state index < -0.39 is 5.92 Å². The molecule has 15 heteroatoms. The summed E-state index contributed by atoms with van der Waals surface area (Å²) in [6.45, 7) is 0. The van der Waals surface area contributed by atoms with Crippen LogP contribution in [0.5, 0.6) is 46.0 Å². The maximum atomic E-state index is 14.9. The van der Waals surface area contributed by atoms with Crippen molar-refractivity contribution < 1.29 is 23.7 Å². The van der Waals surface area contributed by atoms with Crippen molar-refractivity contribution in [3.8, 4) is 46.0 Å². The van der Waals surface area contributed by atoms with E-state index in [1.165, 1.54) is 0 Å². The molecule has 7 heterocycles. The quantitative estimate of drug-likeness (QED) is 0.105. The molecule has 26 rings (SSSR count). The smallest absolute Gasteiger partial charge is 0.264 e. The van der Waals surface area contributed by atoms with Crippen LogP contribution in [0.1, 0.15) is 27.4 Å². The number of carbonyl (C=O) groups is 1. The molecule has 1 aliphatic carbocycles. The molecule has 1 atom stereocenters. The lowest BCUT2D eigenvalue weighted by Crippen LogP contribution is -2.25. The lowest BCUT2D eigenvalue weighted by molar-refractivity contribution is 0.0984. The fourth-order valence-corrected chi connectivity index (χ4v) is 18.7. The van der Waals surface area contributed by atoms with Gasteiger partial charge in [-0.1, -0.05) is 164 Å². The van der Waals surface area contributed by atoms with E-state index in [0.29, 0.717) is 84.7 Å². The summed E-state index contributed by atoms with van der Waals surface area (Å²) < 4.78 is 32.6. The van der Waals surface area contributed by atoms with Crippen LogP contribution in [0.2, 0.25) is 0 Å². The summed E-state index contributed by atoms with van der Waals surface area (Å²) >= 11 is 0. The molecule has 18 aromatic carbocycles. The van der Waals surface area contributed by atoms with Gasteiger partial charge in [0.15, 0.2) is 5.78 Å². The van der Waals surface area contributed by atoms with Crippen LogP contribution in [0.15, 0.2) is 311 Å². The fourth-order valence-electron chi connectivity index (χ4n) is 18.7. The highest BCUT2D eigenvalue weighted by Crippen LogP contribution is 2.57. The van der Waals surface area contributed by atoms with E-state index in [1.54, 1.807) is 13.2 Å². The van der Waals surface area contributed by atoms with Gasteiger partial charge in [-0.25, -0.2) is 15.0 Å². The van der Waals surface area contributed by atoms with Gasteiger partial charge in [0.1, 0.15) is 62.9 Å². The van der Waals surface area contributed by atoms with Crippen molar-refractivity contribution in [2.24, 2.45) is 4.99 Å². The largest absolute Gasteiger partial charge is 0.457 e. The van der Waals surface area contributed by atoms with E-state index in [1.807, 2.05) is 267 Å². The van der Waals surface area contributed by atoms with Crippen LogP contribution in [-0.2, 0) is 0 Å². The third-order valence-corrected chi connectivity index (χ3v) is 23.2. The summed E-state index contributed by atoms with van der Waals surface area (Å²) in [5.41, 5.74) is 9.78. The van der Waals surface area contributed by atoms with Crippen molar-refractivity contribution in [1.29, 1.82) is 0 Å². The summed E-state index contributed by atoms with van der Waals surface area (Å²) in [6, 6.07) is 93.9. The van der Waals surface area contributed by atoms with Gasteiger partial charge in [0, 0.05) is 86.5 Å². The molecule has 520 valence electrons. The van der Waals surface area contributed by atoms with Crippen LogP contribution < -0.4 is 35.6 Å². The van der Waals surface area contributed by atoms with Crippen molar-refractivity contribution in [2.75, 3.05) is 0 Å². The number of Topliss-reactive ketones (excluding diaryl/α,β-unsaturated/α-hetero) is 1. The predicted molar refractivity (Wildman–Crippen MR) is 445 cm³/mol. The molecule has 0 radical (unpaired) electrons. The lowest BCUT2D eigenvalue weighted by Gasteiger charge is -2.26. The number of para-hydroxylation sites is 11. The number of imidazole rings is 3. The highest BCUT2D eigenvalue weighted by molar-refractivity contribution is 6.46. The minimum Gasteiger partial charge on any atom is -0.457 e. The molecule has 15 nitrogen and oxygen atoms in total. The zero-order valence-corrected chi connectivity index (χ0v) is 58.7. The van der Waals surface area contributed by atoms with Gasteiger partial charge in [-0.2, -0.15) is 0 Å².